The van der Waals surface area contributed by atoms with Crippen molar-refractivity contribution in [2.24, 2.45) is 5.73 Å². The lowest BCUT2D eigenvalue weighted by Gasteiger charge is -2.38. The molecule has 0 aliphatic carbocycles. The molecule has 40 heavy (non-hydrogen) atoms. The normalized spacial score (nSPS) is 14.9. The highest BCUT2D eigenvalue weighted by molar-refractivity contribution is 5.94. The Morgan fingerprint density at radius 3 is 2.40 bits per heavy atom. The number of aromatic nitrogens is 5. The minimum atomic E-state index is -0.440. The molecule has 0 spiro atoms. The molecule has 1 fully saturated rings. The van der Waals surface area contributed by atoms with Crippen molar-refractivity contribution in [2.45, 2.75) is 39.0 Å². The number of piperidine rings is 1. The number of nitrogens with two attached hydrogens (primary N) is 1. The molecule has 4 N–H and O–H groups in total. The van der Waals surface area contributed by atoms with Crippen molar-refractivity contribution in [1.82, 2.24) is 24.9 Å². The van der Waals surface area contributed by atoms with Crippen LogP contribution in [0.5, 0.6) is 5.75 Å². The second-order valence-corrected chi connectivity index (χ2v) is 10.9. The number of aryl methyl sites for hydroxylation is 2. The van der Waals surface area contributed by atoms with Gasteiger partial charge in [0, 0.05) is 35.3 Å². The van der Waals surface area contributed by atoms with E-state index in [1.165, 1.54) is 0 Å². The summed E-state index contributed by atoms with van der Waals surface area (Å²) in [6.45, 7) is 8.13. The molecule has 3 aromatic heterocycles. The van der Waals surface area contributed by atoms with E-state index in [0.717, 1.165) is 88.1 Å². The molecule has 6 rings (SSSR count). The summed E-state index contributed by atoms with van der Waals surface area (Å²) in [6.07, 6.45) is 3.50. The van der Waals surface area contributed by atoms with Gasteiger partial charge in [-0.2, -0.15) is 0 Å². The largest absolute Gasteiger partial charge is 0.496 e. The minimum absolute atomic E-state index is 0.0708. The number of nitrogens with one attached hydrogen (secondary N) is 2. The van der Waals surface area contributed by atoms with Crippen LogP contribution in [0.4, 0.5) is 5.82 Å². The number of amides is 1. The van der Waals surface area contributed by atoms with Gasteiger partial charge in [-0.15, -0.1) is 0 Å². The number of hydrogen-bond acceptors (Lipinski definition) is 6. The third-order valence-corrected chi connectivity index (χ3v) is 8.19. The molecule has 1 amide bonds. The van der Waals surface area contributed by atoms with Gasteiger partial charge in [0.25, 0.3) is 0 Å². The van der Waals surface area contributed by atoms with Crippen molar-refractivity contribution in [2.75, 3.05) is 25.1 Å². The van der Waals surface area contributed by atoms with Crippen LogP contribution in [0.1, 0.15) is 47.2 Å². The summed E-state index contributed by atoms with van der Waals surface area (Å²) in [7, 11) is 1.70. The highest BCUT2D eigenvalue weighted by Gasteiger charge is 2.36. The lowest BCUT2D eigenvalue weighted by Crippen LogP contribution is -2.42. The van der Waals surface area contributed by atoms with Gasteiger partial charge in [-0.3, -0.25) is 4.79 Å². The Morgan fingerprint density at radius 1 is 1.00 bits per heavy atom. The number of methoxy groups -OCH3 is 1. The summed E-state index contributed by atoms with van der Waals surface area (Å²) in [5.74, 6) is 2.40. The third-order valence-electron chi connectivity index (χ3n) is 8.19. The van der Waals surface area contributed by atoms with Gasteiger partial charge in [-0.25, -0.2) is 15.0 Å². The lowest BCUT2D eigenvalue weighted by molar-refractivity contribution is 0.100. The molecule has 2 aromatic carbocycles. The fourth-order valence-electron chi connectivity index (χ4n) is 5.66. The smallest absolute Gasteiger partial charge is 0.248 e. The van der Waals surface area contributed by atoms with Gasteiger partial charge in [-0.1, -0.05) is 19.1 Å². The van der Waals surface area contributed by atoms with Crippen molar-refractivity contribution in [3.63, 3.8) is 0 Å². The van der Waals surface area contributed by atoms with E-state index >= 15 is 0 Å². The van der Waals surface area contributed by atoms with Crippen LogP contribution in [0.15, 0.2) is 54.9 Å². The summed E-state index contributed by atoms with van der Waals surface area (Å²) in [5.41, 5.74) is 12.7. The molecule has 1 aliphatic rings. The van der Waals surface area contributed by atoms with Gasteiger partial charge in [-0.05, 0) is 74.2 Å². The van der Waals surface area contributed by atoms with E-state index in [-0.39, 0.29) is 5.41 Å². The Labute approximate surface area is 232 Å². The number of hydrogen-bond donors (Lipinski definition) is 3. The Bertz CT molecular complexity index is 1710. The fraction of sp³-hybridized carbons (Fsp3) is 0.290. The number of carbonyl (C=O) groups excluding carboxylic acids is 1. The predicted octanol–water partition coefficient (Wildman–Crippen LogP) is 5.30. The van der Waals surface area contributed by atoms with Gasteiger partial charge >= 0.3 is 0 Å². The maximum Gasteiger partial charge on any atom is 0.248 e. The van der Waals surface area contributed by atoms with Gasteiger partial charge in [0.15, 0.2) is 0 Å². The first-order valence-electron chi connectivity index (χ1n) is 13.5. The third kappa shape index (κ3) is 4.47. The topological polar surface area (TPSA) is 126 Å². The van der Waals surface area contributed by atoms with Crippen molar-refractivity contribution in [1.29, 1.82) is 0 Å². The molecule has 1 saturated heterocycles. The SMILES string of the molecule is COc1ccc(-c2[nH]c(C3(C)CCN(c4ncnc5[nH]c(-c6ccc(C(N)=O)cc6)cc45)CC3)nc2C)cc1C. The Morgan fingerprint density at radius 2 is 1.73 bits per heavy atom. The summed E-state index contributed by atoms with van der Waals surface area (Å²) < 4.78 is 5.43. The number of anilines is 1. The Balaban J connectivity index is 1.23. The van der Waals surface area contributed by atoms with Crippen LogP contribution in [-0.2, 0) is 5.41 Å². The van der Waals surface area contributed by atoms with Gasteiger partial charge in [0.1, 0.15) is 29.4 Å². The van der Waals surface area contributed by atoms with E-state index in [1.54, 1.807) is 25.6 Å². The van der Waals surface area contributed by atoms with Crippen LogP contribution < -0.4 is 15.4 Å². The Kier molecular flexibility index (Phi) is 6.29. The highest BCUT2D eigenvalue weighted by Crippen LogP contribution is 2.38. The highest BCUT2D eigenvalue weighted by atomic mass is 16.5. The molecule has 5 aromatic rings. The zero-order valence-electron chi connectivity index (χ0n) is 23.2. The summed E-state index contributed by atoms with van der Waals surface area (Å²) in [4.78, 5) is 35.0. The fourth-order valence-corrected chi connectivity index (χ4v) is 5.66. The van der Waals surface area contributed by atoms with Crippen LogP contribution in [0, 0.1) is 13.8 Å². The molecular weight excluding hydrogens is 502 g/mol. The molecular formula is C31H33N7O2. The van der Waals surface area contributed by atoms with Crippen LogP contribution in [0.25, 0.3) is 33.5 Å². The Hall–Kier alpha value is -4.66. The summed E-state index contributed by atoms with van der Waals surface area (Å²) in [5, 5.41) is 0.978. The zero-order valence-corrected chi connectivity index (χ0v) is 23.2. The van der Waals surface area contributed by atoms with Gasteiger partial charge in [0.05, 0.1) is 23.9 Å². The van der Waals surface area contributed by atoms with Crippen molar-refractivity contribution >= 4 is 22.8 Å². The predicted molar refractivity (Wildman–Crippen MR) is 157 cm³/mol. The van der Waals surface area contributed by atoms with E-state index in [0.29, 0.717) is 5.56 Å². The summed E-state index contributed by atoms with van der Waals surface area (Å²) >= 11 is 0. The summed E-state index contributed by atoms with van der Waals surface area (Å²) in [6, 6.07) is 15.6. The average Bonchev–Trinajstić information content (AvgIpc) is 3.58. The number of ether oxygens (including phenoxy) is 1. The zero-order chi connectivity index (χ0) is 28.0. The number of imidazole rings is 1. The molecule has 0 atom stereocenters. The van der Waals surface area contributed by atoms with E-state index in [2.05, 4.69) is 63.8 Å². The van der Waals surface area contributed by atoms with Crippen molar-refractivity contribution < 1.29 is 9.53 Å². The number of carbonyl (C=O) groups is 1. The second-order valence-electron chi connectivity index (χ2n) is 10.9. The number of fused-ring (bicyclic) bond motifs is 1. The molecule has 4 heterocycles. The number of nitrogens with zero attached hydrogens (tertiary/aromatic N) is 4. The van der Waals surface area contributed by atoms with E-state index < -0.39 is 5.91 Å². The monoisotopic (exact) mass is 535 g/mol. The number of H-pyrrole nitrogens is 2. The minimum Gasteiger partial charge on any atom is -0.496 e. The van der Waals surface area contributed by atoms with Crippen LogP contribution in [0.3, 0.4) is 0 Å². The number of rotatable bonds is 6. The standard InChI is InChI=1S/C31H33N7O2/c1-18-15-22(9-10-25(18)40-4)26-19(2)35-30(37-26)31(3)11-13-38(14-12-31)29-23-16-24(36-28(23)33-17-34-29)20-5-7-21(8-6-20)27(32)39/h5-10,15-17H,11-14H2,1-4H3,(H2,32,39)(H,35,37)(H,33,34,36). The first-order valence-corrected chi connectivity index (χ1v) is 13.5. The average molecular weight is 536 g/mol. The molecule has 0 unspecified atom stereocenters. The maximum absolute atomic E-state index is 11.4. The molecule has 9 heteroatoms. The first kappa shape index (κ1) is 25.6. The number of primary amides is 1. The molecule has 0 saturated carbocycles. The molecule has 0 bridgehead atoms. The van der Waals surface area contributed by atoms with Crippen molar-refractivity contribution in [3.8, 4) is 28.3 Å². The molecule has 204 valence electrons. The van der Waals surface area contributed by atoms with Crippen LogP contribution in [-0.4, -0.2) is 51.0 Å². The van der Waals surface area contributed by atoms with Crippen molar-refractivity contribution in [3.05, 3.63) is 77.5 Å². The van der Waals surface area contributed by atoms with Gasteiger partial charge < -0.3 is 25.3 Å². The van der Waals surface area contributed by atoms with E-state index in [9.17, 15) is 4.79 Å². The van der Waals surface area contributed by atoms with E-state index in [4.69, 9.17) is 15.5 Å². The second kappa shape index (κ2) is 9.82. The van der Waals surface area contributed by atoms with Crippen LogP contribution in [0.2, 0.25) is 0 Å². The van der Waals surface area contributed by atoms with E-state index in [1.807, 2.05) is 18.2 Å². The first-order chi connectivity index (χ1) is 19.3. The lowest BCUT2D eigenvalue weighted by atomic mass is 9.79. The number of benzene rings is 2. The molecule has 9 nitrogen and oxygen atoms in total. The van der Waals surface area contributed by atoms with Crippen LogP contribution >= 0.6 is 0 Å². The number of aromatic amines is 2. The quantitative estimate of drug-likeness (QED) is 0.271. The maximum atomic E-state index is 11.4. The molecule has 0 radical (unpaired) electrons. The van der Waals surface area contributed by atoms with Gasteiger partial charge in [0.2, 0.25) is 5.91 Å². The molecule has 1 aliphatic heterocycles.